The summed E-state index contributed by atoms with van der Waals surface area (Å²) in [6, 6.07) is 9.50. The highest BCUT2D eigenvalue weighted by molar-refractivity contribution is 7.89. The van der Waals surface area contributed by atoms with Gasteiger partial charge in [-0.15, -0.1) is 0 Å². The third-order valence-electron chi connectivity index (χ3n) is 7.52. The van der Waals surface area contributed by atoms with Crippen LogP contribution in [0, 0.1) is 0 Å². The van der Waals surface area contributed by atoms with Gasteiger partial charge in [0.1, 0.15) is 0 Å². The van der Waals surface area contributed by atoms with Crippen LogP contribution in [0.25, 0.3) is 11.1 Å². The second-order valence-corrected chi connectivity index (χ2v) is 13.2. The summed E-state index contributed by atoms with van der Waals surface area (Å²) in [5.41, 5.74) is -1.15. The van der Waals surface area contributed by atoms with Crippen LogP contribution in [-0.4, -0.2) is 77.9 Å². The lowest BCUT2D eigenvalue weighted by molar-refractivity contribution is -0.160. The van der Waals surface area contributed by atoms with E-state index in [0.717, 1.165) is 15.3 Å². The van der Waals surface area contributed by atoms with Gasteiger partial charge >= 0.3 is 0 Å². The lowest BCUT2D eigenvalue weighted by atomic mass is 9.89. The largest absolute Gasteiger partial charge is 0.389 e. The molecular formula is C29H33ClF3N3O5S. The number of alkyl halides is 3. The normalized spacial score (nSPS) is 24.2. The molecule has 13 heteroatoms. The Hall–Kier alpha value is -2.93. The quantitative estimate of drug-likeness (QED) is 0.420. The van der Waals surface area contributed by atoms with Crippen molar-refractivity contribution in [3.8, 4) is 11.1 Å². The average Bonchev–Trinajstić information content (AvgIpc) is 2.90. The highest BCUT2D eigenvalue weighted by Crippen LogP contribution is 2.39. The van der Waals surface area contributed by atoms with Crippen molar-refractivity contribution in [2.45, 2.75) is 68.3 Å². The summed E-state index contributed by atoms with van der Waals surface area (Å²) in [5.74, 6) is -4.49. The number of hydrogen-bond donors (Lipinski definition) is 2. The number of piperidine rings is 1. The molecule has 2 aromatic carbocycles. The molecule has 0 bridgehead atoms. The molecule has 4 rings (SSSR count). The molecule has 8 nitrogen and oxygen atoms in total. The van der Waals surface area contributed by atoms with E-state index in [4.69, 9.17) is 11.6 Å². The molecule has 1 unspecified atom stereocenters. The fourth-order valence-corrected chi connectivity index (χ4v) is 7.23. The molecule has 2 saturated heterocycles. The zero-order valence-corrected chi connectivity index (χ0v) is 24.9. The van der Waals surface area contributed by atoms with Crippen molar-refractivity contribution in [3.05, 3.63) is 65.2 Å². The summed E-state index contributed by atoms with van der Waals surface area (Å²) in [4.78, 5) is 25.8. The van der Waals surface area contributed by atoms with Gasteiger partial charge in [-0.2, -0.15) is 4.31 Å². The van der Waals surface area contributed by atoms with Crippen LogP contribution >= 0.6 is 11.6 Å². The fraction of sp³-hybridized carbons (Fsp3) is 0.448. The first kappa shape index (κ1) is 32.0. The molecule has 2 aliphatic heterocycles. The molecule has 2 aromatic rings. The van der Waals surface area contributed by atoms with Gasteiger partial charge in [-0.1, -0.05) is 41.9 Å². The first-order valence-corrected chi connectivity index (χ1v) is 15.3. The van der Waals surface area contributed by atoms with E-state index in [-0.39, 0.29) is 17.0 Å². The molecule has 0 saturated carbocycles. The van der Waals surface area contributed by atoms with E-state index < -0.39 is 77.5 Å². The molecule has 0 aliphatic carbocycles. The summed E-state index contributed by atoms with van der Waals surface area (Å²) < 4.78 is 70.9. The maximum atomic E-state index is 15.9. The molecule has 4 atom stereocenters. The van der Waals surface area contributed by atoms with E-state index >= 15 is 4.39 Å². The Labute approximate surface area is 248 Å². The molecule has 2 amide bonds. The summed E-state index contributed by atoms with van der Waals surface area (Å²) in [6.07, 6.45) is 0.661. The average molecular weight is 628 g/mol. The minimum Gasteiger partial charge on any atom is -0.389 e. The standard InChI is InChI=1S/C29H33ClF3N3O5S/c1-18(8-11-26(38)35-16-29(32,33)17-35)34-27(39)28(31)12-13-36(19(2)15-28)42(40,41)25-10-9-21(20(3)37)14-23(25)22-6-4-5-7-24(22)30/h4-11,14,18-20,37H,12-13,15-17H2,1-3H3,(H,34,39)/b11-8+/t18-,19-,20?,28+/m1/s1. The lowest BCUT2D eigenvalue weighted by Gasteiger charge is -2.40. The third kappa shape index (κ3) is 6.66. The van der Waals surface area contributed by atoms with Crippen LogP contribution in [0.4, 0.5) is 13.2 Å². The van der Waals surface area contributed by atoms with Gasteiger partial charge in [0.2, 0.25) is 15.9 Å². The number of benzene rings is 2. The van der Waals surface area contributed by atoms with Crippen LogP contribution in [-0.2, 0) is 19.6 Å². The Balaban J connectivity index is 1.49. The van der Waals surface area contributed by atoms with Crippen molar-refractivity contribution in [3.63, 3.8) is 0 Å². The number of nitrogens with zero attached hydrogens (tertiary/aromatic N) is 2. The maximum absolute atomic E-state index is 15.9. The molecule has 0 aromatic heterocycles. The van der Waals surface area contributed by atoms with Crippen LogP contribution in [0.1, 0.15) is 45.3 Å². The highest BCUT2D eigenvalue weighted by Gasteiger charge is 2.48. The number of amides is 2. The van der Waals surface area contributed by atoms with Gasteiger partial charge in [-0.05, 0) is 44.5 Å². The van der Waals surface area contributed by atoms with Gasteiger partial charge in [-0.25, -0.2) is 21.6 Å². The monoisotopic (exact) mass is 627 g/mol. The van der Waals surface area contributed by atoms with Gasteiger partial charge in [-0.3, -0.25) is 9.59 Å². The second kappa shape index (κ2) is 12.0. The number of rotatable bonds is 8. The van der Waals surface area contributed by atoms with Gasteiger partial charge in [0.25, 0.3) is 11.8 Å². The van der Waals surface area contributed by atoms with Crippen molar-refractivity contribution < 1.29 is 36.3 Å². The van der Waals surface area contributed by atoms with Crippen molar-refractivity contribution in [1.82, 2.24) is 14.5 Å². The predicted octanol–water partition coefficient (Wildman–Crippen LogP) is 4.48. The molecule has 0 radical (unpaired) electrons. The van der Waals surface area contributed by atoms with Crippen LogP contribution < -0.4 is 5.32 Å². The summed E-state index contributed by atoms with van der Waals surface area (Å²) in [7, 11) is -4.19. The minimum absolute atomic E-state index is 0.0638. The summed E-state index contributed by atoms with van der Waals surface area (Å²) in [5, 5.41) is 12.9. The Morgan fingerprint density at radius 1 is 1.12 bits per heavy atom. The first-order valence-electron chi connectivity index (χ1n) is 13.5. The summed E-state index contributed by atoms with van der Waals surface area (Å²) >= 11 is 6.40. The highest BCUT2D eigenvalue weighted by atomic mass is 35.5. The Morgan fingerprint density at radius 3 is 2.38 bits per heavy atom. The minimum atomic E-state index is -4.19. The molecule has 0 spiro atoms. The van der Waals surface area contributed by atoms with Crippen LogP contribution in [0.3, 0.4) is 0 Å². The number of likely N-dealkylation sites (tertiary alicyclic amines) is 1. The Kier molecular flexibility index (Phi) is 9.13. The van der Waals surface area contributed by atoms with Gasteiger partial charge in [0.15, 0.2) is 5.67 Å². The lowest BCUT2D eigenvalue weighted by Crippen LogP contribution is -2.58. The van der Waals surface area contributed by atoms with E-state index in [1.54, 1.807) is 37.3 Å². The number of carbonyl (C=O) groups excluding carboxylic acids is 2. The zero-order chi connectivity index (χ0) is 31.0. The predicted molar refractivity (Wildman–Crippen MR) is 152 cm³/mol. The van der Waals surface area contributed by atoms with Gasteiger partial charge in [0.05, 0.1) is 24.1 Å². The Morgan fingerprint density at radius 2 is 1.79 bits per heavy atom. The number of halogens is 4. The van der Waals surface area contributed by atoms with Gasteiger partial charge in [0, 0.05) is 53.7 Å². The number of nitrogens with one attached hydrogen (secondary N) is 1. The molecule has 42 heavy (non-hydrogen) atoms. The van der Waals surface area contributed by atoms with E-state index in [9.17, 15) is 31.9 Å². The van der Waals surface area contributed by atoms with Crippen molar-refractivity contribution in [2.75, 3.05) is 19.6 Å². The smallest absolute Gasteiger partial charge is 0.282 e. The van der Waals surface area contributed by atoms with Crippen LogP contribution in [0.2, 0.25) is 5.02 Å². The number of hydrogen-bond acceptors (Lipinski definition) is 5. The van der Waals surface area contributed by atoms with Crippen molar-refractivity contribution in [2.24, 2.45) is 0 Å². The molecule has 2 fully saturated rings. The van der Waals surface area contributed by atoms with Crippen molar-refractivity contribution >= 4 is 33.4 Å². The van der Waals surface area contributed by atoms with Crippen LogP contribution in [0.5, 0.6) is 0 Å². The van der Waals surface area contributed by atoms with E-state index in [1.165, 1.54) is 32.1 Å². The molecule has 2 aliphatic rings. The summed E-state index contributed by atoms with van der Waals surface area (Å²) in [6.45, 7) is 2.95. The maximum Gasteiger partial charge on any atom is 0.282 e. The van der Waals surface area contributed by atoms with E-state index in [2.05, 4.69) is 5.32 Å². The van der Waals surface area contributed by atoms with Crippen LogP contribution in [0.15, 0.2) is 59.5 Å². The molecular weight excluding hydrogens is 595 g/mol. The van der Waals surface area contributed by atoms with E-state index in [1.807, 2.05) is 0 Å². The van der Waals surface area contributed by atoms with Gasteiger partial charge < -0.3 is 15.3 Å². The molecule has 228 valence electrons. The SMILES string of the molecule is CC(O)c1ccc(S(=O)(=O)N2CC[C@@](F)(C(=O)N[C@H](C)/C=C/C(=O)N3CC(F)(F)C3)C[C@H]2C)c(-c2ccccc2Cl)c1. The first-order chi connectivity index (χ1) is 19.5. The molecule has 2 heterocycles. The third-order valence-corrected chi connectivity index (χ3v) is 9.93. The molecule has 2 N–H and O–H groups in total. The van der Waals surface area contributed by atoms with E-state index in [0.29, 0.717) is 16.1 Å². The number of aliphatic hydroxyl groups excluding tert-OH is 1. The zero-order valence-electron chi connectivity index (χ0n) is 23.4. The van der Waals surface area contributed by atoms with Crippen molar-refractivity contribution in [1.29, 1.82) is 0 Å². The second-order valence-electron chi connectivity index (χ2n) is 11.0. The topological polar surface area (TPSA) is 107 Å². The number of sulfonamides is 1. The fourth-order valence-electron chi connectivity index (χ4n) is 5.18. The Bertz CT molecular complexity index is 1500. The number of carbonyl (C=O) groups is 2. The number of aliphatic hydroxyl groups is 1.